The molecular formula is C12H21Cl2N3. The van der Waals surface area contributed by atoms with Crippen molar-refractivity contribution in [3.05, 3.63) is 16.4 Å². The molecule has 0 saturated carbocycles. The first-order valence-electron chi connectivity index (χ1n) is 5.98. The summed E-state index contributed by atoms with van der Waals surface area (Å²) < 4.78 is 1.85. The summed E-state index contributed by atoms with van der Waals surface area (Å²) in [6.07, 6.45) is 1.83. The first-order valence-corrected chi connectivity index (χ1v) is 6.90. The van der Waals surface area contributed by atoms with E-state index in [1.54, 1.807) is 0 Å². The van der Waals surface area contributed by atoms with Crippen molar-refractivity contribution in [3.8, 4) is 0 Å². The van der Waals surface area contributed by atoms with Gasteiger partial charge in [-0.15, -0.1) is 11.6 Å². The van der Waals surface area contributed by atoms with Gasteiger partial charge in [-0.05, 0) is 19.8 Å². The van der Waals surface area contributed by atoms with Crippen LogP contribution in [0.15, 0.2) is 0 Å². The Kier molecular flexibility index (Phi) is 5.29. The SMILES string of the molecule is CCc1nn(C)c(CNC(C)(CC)CCl)c1Cl. The Labute approximate surface area is 113 Å². The van der Waals surface area contributed by atoms with Crippen LogP contribution in [0, 0.1) is 0 Å². The average molecular weight is 278 g/mol. The van der Waals surface area contributed by atoms with E-state index in [1.807, 2.05) is 11.7 Å². The molecule has 3 nitrogen and oxygen atoms in total. The Morgan fingerprint density at radius 1 is 1.41 bits per heavy atom. The third-order valence-corrected chi connectivity index (χ3v) is 4.29. The van der Waals surface area contributed by atoms with Gasteiger partial charge in [0.25, 0.3) is 0 Å². The van der Waals surface area contributed by atoms with Crippen molar-refractivity contribution in [3.63, 3.8) is 0 Å². The summed E-state index contributed by atoms with van der Waals surface area (Å²) in [6.45, 7) is 6.99. The lowest BCUT2D eigenvalue weighted by atomic mass is 10.0. The Balaban J connectivity index is 2.79. The fourth-order valence-corrected chi connectivity index (χ4v) is 2.22. The minimum atomic E-state index is -0.0540. The van der Waals surface area contributed by atoms with Crippen molar-refractivity contribution in [2.24, 2.45) is 7.05 Å². The van der Waals surface area contributed by atoms with Gasteiger partial charge in [0.1, 0.15) is 0 Å². The number of rotatable bonds is 6. The predicted octanol–water partition coefficient (Wildman–Crippen LogP) is 3.13. The van der Waals surface area contributed by atoms with Crippen LogP contribution in [-0.2, 0) is 20.0 Å². The van der Waals surface area contributed by atoms with Gasteiger partial charge in [-0.1, -0.05) is 25.4 Å². The minimum Gasteiger partial charge on any atom is -0.305 e. The first kappa shape index (κ1) is 14.8. The molecule has 1 heterocycles. The van der Waals surface area contributed by atoms with Crippen LogP contribution in [0.3, 0.4) is 0 Å². The highest BCUT2D eigenvalue weighted by Gasteiger charge is 2.21. The molecule has 1 unspecified atom stereocenters. The van der Waals surface area contributed by atoms with Crippen LogP contribution in [0.1, 0.15) is 38.6 Å². The third kappa shape index (κ3) is 3.36. The Bertz CT molecular complexity index is 370. The maximum Gasteiger partial charge on any atom is 0.0863 e. The van der Waals surface area contributed by atoms with Gasteiger partial charge in [-0.3, -0.25) is 4.68 Å². The van der Waals surface area contributed by atoms with Crippen LogP contribution >= 0.6 is 23.2 Å². The van der Waals surface area contributed by atoms with E-state index in [0.29, 0.717) is 12.4 Å². The molecule has 0 radical (unpaired) electrons. The summed E-state index contributed by atoms with van der Waals surface area (Å²) in [5.74, 6) is 0.583. The maximum absolute atomic E-state index is 6.29. The van der Waals surface area contributed by atoms with Crippen molar-refractivity contribution in [1.82, 2.24) is 15.1 Å². The smallest absolute Gasteiger partial charge is 0.0863 e. The zero-order chi connectivity index (χ0) is 13.1. The maximum atomic E-state index is 6.29. The molecule has 0 aliphatic heterocycles. The zero-order valence-electron chi connectivity index (χ0n) is 11.0. The van der Waals surface area contributed by atoms with Gasteiger partial charge in [0.2, 0.25) is 0 Å². The fraction of sp³-hybridized carbons (Fsp3) is 0.750. The van der Waals surface area contributed by atoms with E-state index in [2.05, 4.69) is 31.2 Å². The molecule has 1 rings (SSSR count). The standard InChI is InChI=1S/C12H21Cl2N3/c1-5-9-11(14)10(17(4)16-9)7-15-12(3,6-2)8-13/h15H,5-8H2,1-4H3. The van der Waals surface area contributed by atoms with E-state index in [1.165, 1.54) is 0 Å². The molecule has 17 heavy (non-hydrogen) atoms. The van der Waals surface area contributed by atoms with Gasteiger partial charge in [0.05, 0.1) is 16.4 Å². The molecule has 1 atom stereocenters. The van der Waals surface area contributed by atoms with Crippen molar-refractivity contribution < 1.29 is 0 Å². The second-order valence-corrected chi connectivity index (χ2v) is 5.23. The Morgan fingerprint density at radius 3 is 2.47 bits per heavy atom. The average Bonchev–Trinajstić information content (AvgIpc) is 2.61. The van der Waals surface area contributed by atoms with E-state index in [-0.39, 0.29) is 5.54 Å². The highest BCUT2D eigenvalue weighted by atomic mass is 35.5. The van der Waals surface area contributed by atoms with Crippen molar-refractivity contribution in [2.45, 2.75) is 45.7 Å². The molecule has 1 N–H and O–H groups in total. The number of hydrogen-bond acceptors (Lipinski definition) is 2. The summed E-state index contributed by atoms with van der Waals surface area (Å²) in [4.78, 5) is 0. The normalized spacial score (nSPS) is 14.9. The van der Waals surface area contributed by atoms with Crippen LogP contribution in [-0.4, -0.2) is 21.2 Å². The topological polar surface area (TPSA) is 29.9 Å². The summed E-state index contributed by atoms with van der Waals surface area (Å²) in [5, 5.41) is 8.62. The largest absolute Gasteiger partial charge is 0.305 e. The minimum absolute atomic E-state index is 0.0540. The molecule has 0 saturated heterocycles. The number of hydrogen-bond donors (Lipinski definition) is 1. The number of halogens is 2. The second kappa shape index (κ2) is 6.07. The van der Waals surface area contributed by atoms with E-state index >= 15 is 0 Å². The number of aromatic nitrogens is 2. The summed E-state index contributed by atoms with van der Waals surface area (Å²) in [6, 6.07) is 0. The van der Waals surface area contributed by atoms with Gasteiger partial charge in [0.15, 0.2) is 0 Å². The highest BCUT2D eigenvalue weighted by molar-refractivity contribution is 6.31. The van der Waals surface area contributed by atoms with E-state index in [4.69, 9.17) is 23.2 Å². The van der Waals surface area contributed by atoms with Crippen LogP contribution in [0.4, 0.5) is 0 Å². The zero-order valence-corrected chi connectivity index (χ0v) is 12.5. The summed E-state index contributed by atoms with van der Waals surface area (Å²) in [5.41, 5.74) is 1.92. The molecule has 1 aromatic heterocycles. The van der Waals surface area contributed by atoms with Crippen LogP contribution < -0.4 is 5.32 Å². The lowest BCUT2D eigenvalue weighted by molar-refractivity contribution is 0.374. The molecule has 0 bridgehead atoms. The number of nitrogens with zero attached hydrogens (tertiary/aromatic N) is 2. The molecule has 0 aromatic carbocycles. The fourth-order valence-electron chi connectivity index (χ4n) is 1.58. The number of nitrogens with one attached hydrogen (secondary N) is 1. The first-order chi connectivity index (χ1) is 7.97. The Hall–Kier alpha value is -0.250. The van der Waals surface area contributed by atoms with Crippen LogP contribution in [0.2, 0.25) is 5.02 Å². The van der Waals surface area contributed by atoms with E-state index in [0.717, 1.165) is 29.3 Å². The summed E-state index contributed by atoms with van der Waals surface area (Å²) >= 11 is 12.3. The van der Waals surface area contributed by atoms with Gasteiger partial charge in [-0.2, -0.15) is 5.10 Å². The van der Waals surface area contributed by atoms with Crippen molar-refractivity contribution >= 4 is 23.2 Å². The van der Waals surface area contributed by atoms with Gasteiger partial charge in [-0.25, -0.2) is 0 Å². The number of aryl methyl sites for hydroxylation is 2. The molecular weight excluding hydrogens is 257 g/mol. The second-order valence-electron chi connectivity index (χ2n) is 4.59. The molecule has 0 aliphatic carbocycles. The lowest BCUT2D eigenvalue weighted by Crippen LogP contribution is -2.43. The third-order valence-electron chi connectivity index (χ3n) is 3.26. The van der Waals surface area contributed by atoms with Gasteiger partial charge >= 0.3 is 0 Å². The van der Waals surface area contributed by atoms with Crippen molar-refractivity contribution in [2.75, 3.05) is 5.88 Å². The molecule has 5 heteroatoms. The van der Waals surface area contributed by atoms with E-state index < -0.39 is 0 Å². The van der Waals surface area contributed by atoms with Gasteiger partial charge in [0, 0.05) is 25.0 Å². The summed E-state index contributed by atoms with van der Waals surface area (Å²) in [7, 11) is 1.92. The molecule has 0 spiro atoms. The molecule has 0 aliphatic rings. The Morgan fingerprint density at radius 2 is 2.06 bits per heavy atom. The molecule has 98 valence electrons. The molecule has 0 fully saturated rings. The predicted molar refractivity (Wildman–Crippen MR) is 73.9 cm³/mol. The lowest BCUT2D eigenvalue weighted by Gasteiger charge is -2.27. The van der Waals surface area contributed by atoms with Crippen LogP contribution in [0.5, 0.6) is 0 Å². The number of alkyl halides is 1. The molecule has 0 amide bonds. The van der Waals surface area contributed by atoms with Gasteiger partial charge < -0.3 is 5.32 Å². The van der Waals surface area contributed by atoms with E-state index in [9.17, 15) is 0 Å². The quantitative estimate of drug-likeness (QED) is 0.810. The van der Waals surface area contributed by atoms with Crippen molar-refractivity contribution in [1.29, 1.82) is 0 Å². The molecule has 1 aromatic rings. The highest BCUT2D eigenvalue weighted by Crippen LogP contribution is 2.22. The monoisotopic (exact) mass is 277 g/mol. The van der Waals surface area contributed by atoms with Crippen LogP contribution in [0.25, 0.3) is 0 Å².